The lowest BCUT2D eigenvalue weighted by atomic mass is 9.90. The van der Waals surface area contributed by atoms with Crippen LogP contribution in [0.2, 0.25) is 0 Å². The predicted octanol–water partition coefficient (Wildman–Crippen LogP) is 15.5. The highest BCUT2D eigenvalue weighted by Crippen LogP contribution is 2.43. The lowest BCUT2D eigenvalue weighted by Crippen LogP contribution is -2.09. The van der Waals surface area contributed by atoms with E-state index in [0.717, 1.165) is 45.4 Å². The number of para-hydroxylation sites is 2. The zero-order valence-corrected chi connectivity index (χ0v) is 31.3. The maximum atomic E-state index is 6.19. The van der Waals surface area contributed by atoms with Gasteiger partial charge in [-0.15, -0.1) is 11.3 Å². The average molecular weight is 734 g/mol. The molecule has 2 heterocycles. The van der Waals surface area contributed by atoms with Gasteiger partial charge in [0.25, 0.3) is 0 Å². The quantitative estimate of drug-likeness (QED) is 0.152. The Bertz CT molecular complexity index is 3290. The number of hydrogen-bond acceptors (Lipinski definition) is 3. The van der Waals surface area contributed by atoms with Gasteiger partial charge in [-0.1, -0.05) is 140 Å². The average Bonchev–Trinajstić information content (AvgIpc) is 3.81. The van der Waals surface area contributed by atoms with Gasteiger partial charge in [0.1, 0.15) is 11.2 Å². The molecule has 56 heavy (non-hydrogen) atoms. The molecule has 0 amide bonds. The van der Waals surface area contributed by atoms with E-state index in [1.165, 1.54) is 64.0 Å². The van der Waals surface area contributed by atoms with Crippen molar-refractivity contribution in [3.63, 3.8) is 0 Å². The molecule has 3 heteroatoms. The van der Waals surface area contributed by atoms with Crippen molar-refractivity contribution >= 4 is 104 Å². The maximum absolute atomic E-state index is 6.19. The summed E-state index contributed by atoms with van der Waals surface area (Å²) < 4.78 is 8.74. The number of anilines is 3. The molecule has 0 aliphatic carbocycles. The van der Waals surface area contributed by atoms with Crippen LogP contribution in [0.4, 0.5) is 17.1 Å². The lowest BCUT2D eigenvalue weighted by molar-refractivity contribution is 0.669. The fraction of sp³-hybridized carbons (Fsp3) is 0.0189. The number of allylic oxidation sites excluding steroid dienone is 1. The molecule has 0 aliphatic rings. The van der Waals surface area contributed by atoms with Gasteiger partial charge < -0.3 is 9.32 Å². The molecule has 0 aliphatic heterocycles. The third-order valence-electron chi connectivity index (χ3n) is 11.1. The summed E-state index contributed by atoms with van der Waals surface area (Å²) in [6.07, 6.45) is 3.24. The minimum atomic E-state index is 0.830. The minimum absolute atomic E-state index is 0.830. The number of furan rings is 1. The lowest BCUT2D eigenvalue weighted by Gasteiger charge is -2.25. The van der Waals surface area contributed by atoms with Crippen molar-refractivity contribution in [3.8, 4) is 0 Å². The van der Waals surface area contributed by atoms with Crippen molar-refractivity contribution in [3.05, 3.63) is 211 Å². The van der Waals surface area contributed by atoms with Crippen LogP contribution in [-0.4, -0.2) is 0 Å². The Hall–Kier alpha value is -6.94. The van der Waals surface area contributed by atoms with Crippen LogP contribution in [0.3, 0.4) is 0 Å². The Morgan fingerprint density at radius 3 is 2.00 bits per heavy atom. The van der Waals surface area contributed by atoms with Crippen LogP contribution in [-0.2, 0) is 6.42 Å². The van der Waals surface area contributed by atoms with Crippen molar-refractivity contribution in [1.29, 1.82) is 0 Å². The van der Waals surface area contributed by atoms with Gasteiger partial charge >= 0.3 is 0 Å². The van der Waals surface area contributed by atoms with Gasteiger partial charge in [-0.3, -0.25) is 0 Å². The molecule has 0 fully saturated rings. The molecule has 0 saturated carbocycles. The smallest absolute Gasteiger partial charge is 0.135 e. The number of rotatable bonds is 7. The predicted molar refractivity (Wildman–Crippen MR) is 241 cm³/mol. The van der Waals surface area contributed by atoms with E-state index in [1.807, 2.05) is 23.5 Å². The summed E-state index contributed by atoms with van der Waals surface area (Å²) in [6, 6.07) is 70.2. The Labute approximate surface area is 328 Å². The number of fused-ring (bicyclic) bond motifs is 8. The second-order valence-corrected chi connectivity index (χ2v) is 15.6. The molecular formula is C53H35NOS. The van der Waals surface area contributed by atoms with Crippen molar-refractivity contribution in [2.75, 3.05) is 4.90 Å². The van der Waals surface area contributed by atoms with E-state index in [0.29, 0.717) is 0 Å². The maximum Gasteiger partial charge on any atom is 0.135 e. The molecule has 0 N–H and O–H groups in total. The van der Waals surface area contributed by atoms with Gasteiger partial charge in [0.05, 0.1) is 0 Å². The first-order valence-corrected chi connectivity index (χ1v) is 19.9. The Morgan fingerprint density at radius 2 is 1.12 bits per heavy atom. The van der Waals surface area contributed by atoms with Gasteiger partial charge in [0.15, 0.2) is 0 Å². The number of nitrogens with zero attached hydrogens (tertiary/aromatic N) is 1. The van der Waals surface area contributed by atoms with E-state index in [2.05, 4.69) is 193 Å². The molecule has 0 atom stereocenters. The van der Waals surface area contributed by atoms with Gasteiger partial charge in [0.2, 0.25) is 0 Å². The van der Waals surface area contributed by atoms with Crippen molar-refractivity contribution in [2.24, 2.45) is 0 Å². The van der Waals surface area contributed by atoms with Crippen LogP contribution in [0.25, 0.3) is 75.3 Å². The van der Waals surface area contributed by atoms with Gasteiger partial charge in [-0.05, 0) is 111 Å². The molecule has 0 bridgehead atoms. The number of benzene rings is 9. The first kappa shape index (κ1) is 32.5. The normalized spacial score (nSPS) is 12.1. The van der Waals surface area contributed by atoms with E-state index in [1.54, 1.807) is 0 Å². The summed E-state index contributed by atoms with van der Waals surface area (Å²) in [4.78, 5) is 2.35. The van der Waals surface area contributed by atoms with Crippen LogP contribution in [0.15, 0.2) is 199 Å². The van der Waals surface area contributed by atoms with Crippen LogP contribution >= 0.6 is 11.3 Å². The summed E-state index contributed by atoms with van der Waals surface area (Å²) in [6.45, 7) is 0. The van der Waals surface area contributed by atoms with E-state index in [-0.39, 0.29) is 0 Å². The highest BCUT2D eigenvalue weighted by molar-refractivity contribution is 7.25. The molecule has 2 nitrogen and oxygen atoms in total. The van der Waals surface area contributed by atoms with E-state index in [4.69, 9.17) is 4.42 Å². The summed E-state index contributed by atoms with van der Waals surface area (Å²) in [5.41, 5.74) is 10.2. The third-order valence-corrected chi connectivity index (χ3v) is 12.2. The van der Waals surface area contributed by atoms with Crippen LogP contribution < -0.4 is 4.90 Å². The van der Waals surface area contributed by atoms with Crippen molar-refractivity contribution in [1.82, 2.24) is 0 Å². The van der Waals surface area contributed by atoms with Crippen molar-refractivity contribution in [2.45, 2.75) is 6.42 Å². The van der Waals surface area contributed by atoms with Crippen LogP contribution in [0.5, 0.6) is 0 Å². The largest absolute Gasteiger partial charge is 0.456 e. The zero-order chi connectivity index (χ0) is 37.0. The number of hydrogen-bond donors (Lipinski definition) is 0. The van der Waals surface area contributed by atoms with Crippen LogP contribution in [0, 0.1) is 0 Å². The van der Waals surface area contributed by atoms with Gasteiger partial charge in [-0.2, -0.15) is 0 Å². The van der Waals surface area contributed by atoms with Gasteiger partial charge in [0, 0.05) is 48.0 Å². The molecular weight excluding hydrogens is 699 g/mol. The Balaban J connectivity index is 1.03. The molecule has 0 unspecified atom stereocenters. The summed E-state index contributed by atoms with van der Waals surface area (Å²) in [5.74, 6) is 0. The Morgan fingerprint density at radius 1 is 0.446 bits per heavy atom. The number of thiophene rings is 1. The molecule has 0 saturated heterocycles. The fourth-order valence-corrected chi connectivity index (χ4v) is 9.59. The molecule has 0 spiro atoms. The second-order valence-electron chi connectivity index (χ2n) is 14.5. The SMILES string of the molecule is C(=C(\Cc1cccc2ccccc12)c1cccc2ccccc12)/c1ccc2sc3cc(N(c4ccccc4)c4ccc5oc6ccccc6c5c4)ccc3c2c1. The monoisotopic (exact) mass is 733 g/mol. The van der Waals surface area contributed by atoms with Crippen molar-refractivity contribution < 1.29 is 4.42 Å². The first-order chi connectivity index (χ1) is 27.7. The van der Waals surface area contributed by atoms with Crippen LogP contribution in [0.1, 0.15) is 16.7 Å². The molecule has 11 rings (SSSR count). The van der Waals surface area contributed by atoms with E-state index in [9.17, 15) is 0 Å². The fourth-order valence-electron chi connectivity index (χ4n) is 8.47. The highest BCUT2D eigenvalue weighted by Gasteiger charge is 2.17. The van der Waals surface area contributed by atoms with E-state index >= 15 is 0 Å². The molecule has 9 aromatic carbocycles. The first-order valence-electron chi connectivity index (χ1n) is 19.1. The Kier molecular flexibility index (Phi) is 7.78. The molecule has 2 aromatic heterocycles. The molecule has 11 aromatic rings. The summed E-state index contributed by atoms with van der Waals surface area (Å²) in [7, 11) is 0. The highest BCUT2D eigenvalue weighted by atomic mass is 32.1. The second kappa shape index (κ2) is 13.4. The molecule has 0 radical (unpaired) electrons. The minimum Gasteiger partial charge on any atom is -0.456 e. The molecule has 264 valence electrons. The zero-order valence-electron chi connectivity index (χ0n) is 30.5. The summed E-state index contributed by atoms with van der Waals surface area (Å²) >= 11 is 1.86. The standard InChI is InChI=1S/C53H35NOS/c1-2-17-40(18-3-1)54(41-26-28-51-48(33-41)46-21-8-9-23-50(46)55-51)42-25-27-47-49-31-35(24-29-52(49)56-53(47)34-42)30-39(45-22-11-15-37-13-5-7-20-44(37)45)32-38-16-10-14-36-12-4-6-19-43(36)38/h1-31,33-34H,32H2/b39-30-. The summed E-state index contributed by atoms with van der Waals surface area (Å²) in [5, 5.41) is 9.91. The van der Waals surface area contributed by atoms with E-state index < -0.39 is 0 Å². The van der Waals surface area contributed by atoms with Gasteiger partial charge in [-0.25, -0.2) is 0 Å². The third kappa shape index (κ3) is 5.64. The topological polar surface area (TPSA) is 16.4 Å².